The van der Waals surface area contributed by atoms with E-state index in [1.807, 2.05) is 12.1 Å². The van der Waals surface area contributed by atoms with Gasteiger partial charge in [-0.15, -0.1) is 0 Å². The van der Waals surface area contributed by atoms with Crippen LogP contribution in [0.5, 0.6) is 17.2 Å². The zero-order valence-corrected chi connectivity index (χ0v) is 13.5. The molecule has 8 heteroatoms. The second-order valence-electron chi connectivity index (χ2n) is 5.53. The molecule has 3 aromatic rings. The van der Waals surface area contributed by atoms with Gasteiger partial charge in [0.1, 0.15) is 11.4 Å². The van der Waals surface area contributed by atoms with Crippen LogP contribution in [0.2, 0.25) is 0 Å². The molecule has 0 unspecified atom stereocenters. The van der Waals surface area contributed by atoms with E-state index in [4.69, 9.17) is 9.47 Å². The normalized spacial score (nSPS) is 12.5. The Morgan fingerprint density at radius 1 is 1.15 bits per heavy atom. The van der Waals surface area contributed by atoms with Crippen LogP contribution in [0.3, 0.4) is 0 Å². The highest BCUT2D eigenvalue weighted by Gasteiger charge is 2.16. The Balaban J connectivity index is 1.44. The number of fused-ring (bicyclic) bond motifs is 1. The molecule has 4 rings (SSSR count). The number of carbonyl (C=O) groups excluding carboxylic acids is 1. The molecule has 8 nitrogen and oxygen atoms in total. The van der Waals surface area contributed by atoms with Crippen LogP contribution in [0, 0.1) is 0 Å². The van der Waals surface area contributed by atoms with Crippen molar-refractivity contribution in [3.63, 3.8) is 0 Å². The smallest absolute Gasteiger partial charge is 0.289 e. The Bertz CT molecular complexity index is 979. The van der Waals surface area contributed by atoms with Crippen molar-refractivity contribution in [2.24, 2.45) is 5.10 Å². The van der Waals surface area contributed by atoms with Gasteiger partial charge < -0.3 is 14.6 Å². The number of ether oxygens (including phenoxy) is 2. The average molecular weight is 350 g/mol. The van der Waals surface area contributed by atoms with Gasteiger partial charge in [0.25, 0.3) is 5.91 Å². The highest BCUT2D eigenvalue weighted by Crippen LogP contribution is 2.35. The minimum atomic E-state index is -0.417. The fourth-order valence-electron chi connectivity index (χ4n) is 2.43. The summed E-state index contributed by atoms with van der Waals surface area (Å²) in [5.41, 5.74) is 4.85. The predicted octanol–water partition coefficient (Wildman–Crippen LogP) is 2.27. The maximum absolute atomic E-state index is 12.1. The van der Waals surface area contributed by atoms with E-state index in [-0.39, 0.29) is 18.2 Å². The number of carbonyl (C=O) groups is 1. The Labute approximate surface area is 148 Å². The summed E-state index contributed by atoms with van der Waals surface area (Å²) in [6, 6.07) is 13.5. The van der Waals surface area contributed by atoms with Crippen molar-refractivity contribution in [3.05, 3.63) is 59.8 Å². The van der Waals surface area contributed by atoms with E-state index < -0.39 is 5.91 Å². The van der Waals surface area contributed by atoms with E-state index in [1.54, 1.807) is 24.3 Å². The summed E-state index contributed by atoms with van der Waals surface area (Å²) in [4.78, 5) is 12.1. The quantitative estimate of drug-likeness (QED) is 0.494. The number of aromatic amines is 1. The Kier molecular flexibility index (Phi) is 3.98. The third-order valence-electron chi connectivity index (χ3n) is 3.76. The number of phenols is 1. The fourth-order valence-corrected chi connectivity index (χ4v) is 2.43. The number of hydrogen-bond donors (Lipinski definition) is 3. The van der Waals surface area contributed by atoms with E-state index in [0.29, 0.717) is 17.2 Å². The van der Waals surface area contributed by atoms with Crippen LogP contribution in [-0.4, -0.2) is 34.2 Å². The lowest BCUT2D eigenvalue weighted by molar-refractivity contribution is 0.0950. The molecule has 0 fully saturated rings. The lowest BCUT2D eigenvalue weighted by Crippen LogP contribution is -2.17. The minimum absolute atomic E-state index is 0.166. The first kappa shape index (κ1) is 15.7. The van der Waals surface area contributed by atoms with Crippen molar-refractivity contribution < 1.29 is 19.4 Å². The largest absolute Gasteiger partial charge is 0.508 e. The third kappa shape index (κ3) is 3.20. The third-order valence-corrected chi connectivity index (χ3v) is 3.76. The Hall–Kier alpha value is -3.81. The van der Waals surface area contributed by atoms with Crippen molar-refractivity contribution >= 4 is 12.1 Å². The molecule has 26 heavy (non-hydrogen) atoms. The topological polar surface area (TPSA) is 109 Å². The van der Waals surface area contributed by atoms with Gasteiger partial charge in [0.2, 0.25) is 6.79 Å². The van der Waals surface area contributed by atoms with E-state index in [2.05, 4.69) is 20.7 Å². The zero-order chi connectivity index (χ0) is 17.9. The number of amides is 1. The summed E-state index contributed by atoms with van der Waals surface area (Å²) in [6.07, 6.45) is 1.48. The van der Waals surface area contributed by atoms with E-state index in [1.165, 1.54) is 18.3 Å². The first-order valence-electron chi connectivity index (χ1n) is 7.77. The minimum Gasteiger partial charge on any atom is -0.508 e. The number of aromatic nitrogens is 2. The number of rotatable bonds is 4. The van der Waals surface area contributed by atoms with Gasteiger partial charge in [-0.05, 0) is 54.1 Å². The van der Waals surface area contributed by atoms with Gasteiger partial charge >= 0.3 is 0 Å². The molecule has 0 radical (unpaired) electrons. The lowest BCUT2D eigenvalue weighted by Gasteiger charge is -1.99. The first-order valence-corrected chi connectivity index (χ1v) is 7.77. The van der Waals surface area contributed by atoms with Gasteiger partial charge in [0.05, 0.1) is 11.9 Å². The molecule has 0 saturated heterocycles. The molecule has 2 aromatic carbocycles. The van der Waals surface area contributed by atoms with Crippen molar-refractivity contribution in [2.45, 2.75) is 0 Å². The van der Waals surface area contributed by atoms with Gasteiger partial charge in [-0.3, -0.25) is 9.89 Å². The number of phenolic OH excluding ortho intramolecular Hbond substituents is 1. The standard InChI is InChI=1S/C18H14N4O4/c23-13-4-1-11(2-5-13)9-19-22-18(24)15-8-14(20-21-15)12-3-6-16-17(7-12)26-10-25-16/h1-9,23H,10H2,(H,20,21)(H,22,24)/b19-9+. The van der Waals surface area contributed by atoms with Gasteiger partial charge in [-0.2, -0.15) is 10.2 Å². The van der Waals surface area contributed by atoms with Gasteiger partial charge in [0.15, 0.2) is 11.5 Å². The van der Waals surface area contributed by atoms with Crippen molar-refractivity contribution in [2.75, 3.05) is 6.79 Å². The molecule has 1 amide bonds. The molecule has 0 saturated carbocycles. The van der Waals surface area contributed by atoms with Crippen LogP contribution in [0.25, 0.3) is 11.3 Å². The van der Waals surface area contributed by atoms with Crippen LogP contribution in [0.1, 0.15) is 16.1 Å². The molecule has 130 valence electrons. The SMILES string of the molecule is O=C(N/N=C/c1ccc(O)cc1)c1cc(-c2ccc3c(c2)OCO3)n[nH]1. The fraction of sp³-hybridized carbons (Fsp3) is 0.0556. The maximum atomic E-state index is 12.1. The first-order chi connectivity index (χ1) is 12.7. The number of hydrazone groups is 1. The van der Waals surface area contributed by atoms with Gasteiger partial charge in [0, 0.05) is 5.56 Å². The average Bonchev–Trinajstić information content (AvgIpc) is 3.32. The van der Waals surface area contributed by atoms with Crippen LogP contribution >= 0.6 is 0 Å². The Morgan fingerprint density at radius 3 is 2.81 bits per heavy atom. The van der Waals surface area contributed by atoms with Crippen molar-refractivity contribution in [1.29, 1.82) is 0 Å². The molecule has 0 spiro atoms. The van der Waals surface area contributed by atoms with Crippen LogP contribution in [0.4, 0.5) is 0 Å². The molecule has 3 N–H and O–H groups in total. The molecule has 0 aliphatic carbocycles. The predicted molar refractivity (Wildman–Crippen MR) is 93.3 cm³/mol. The summed E-state index contributed by atoms with van der Waals surface area (Å²) in [5.74, 6) is 1.08. The number of hydrogen-bond acceptors (Lipinski definition) is 6. The number of nitrogens with one attached hydrogen (secondary N) is 2. The number of aromatic hydroxyl groups is 1. The Morgan fingerprint density at radius 2 is 1.96 bits per heavy atom. The number of nitrogens with zero attached hydrogens (tertiary/aromatic N) is 2. The van der Waals surface area contributed by atoms with E-state index in [0.717, 1.165) is 11.1 Å². The van der Waals surface area contributed by atoms with E-state index in [9.17, 15) is 9.90 Å². The van der Waals surface area contributed by atoms with Gasteiger partial charge in [-0.1, -0.05) is 0 Å². The van der Waals surface area contributed by atoms with Crippen molar-refractivity contribution in [3.8, 4) is 28.5 Å². The zero-order valence-electron chi connectivity index (χ0n) is 13.5. The van der Waals surface area contributed by atoms with Crippen LogP contribution in [-0.2, 0) is 0 Å². The number of benzene rings is 2. The molecular formula is C18H14N4O4. The second-order valence-corrected chi connectivity index (χ2v) is 5.53. The van der Waals surface area contributed by atoms with Crippen LogP contribution < -0.4 is 14.9 Å². The molecule has 0 atom stereocenters. The summed E-state index contributed by atoms with van der Waals surface area (Å²) >= 11 is 0. The highest BCUT2D eigenvalue weighted by molar-refractivity contribution is 5.94. The molecule has 1 aliphatic rings. The van der Waals surface area contributed by atoms with E-state index >= 15 is 0 Å². The maximum Gasteiger partial charge on any atom is 0.289 e. The van der Waals surface area contributed by atoms with Crippen molar-refractivity contribution in [1.82, 2.24) is 15.6 Å². The monoisotopic (exact) mass is 350 g/mol. The molecule has 1 aromatic heterocycles. The molecule has 0 bridgehead atoms. The lowest BCUT2D eigenvalue weighted by atomic mass is 10.1. The summed E-state index contributed by atoms with van der Waals surface area (Å²) in [7, 11) is 0. The van der Waals surface area contributed by atoms with Crippen LogP contribution in [0.15, 0.2) is 53.6 Å². The van der Waals surface area contributed by atoms with Gasteiger partial charge in [-0.25, -0.2) is 5.43 Å². The number of H-pyrrole nitrogens is 1. The molecule has 1 aliphatic heterocycles. The summed E-state index contributed by atoms with van der Waals surface area (Å²) < 4.78 is 10.6. The summed E-state index contributed by atoms with van der Waals surface area (Å²) in [5, 5.41) is 19.9. The molecule has 2 heterocycles. The highest BCUT2D eigenvalue weighted by atomic mass is 16.7. The second kappa shape index (κ2) is 6.60. The summed E-state index contributed by atoms with van der Waals surface area (Å²) in [6.45, 7) is 0.200. The molecular weight excluding hydrogens is 336 g/mol.